The largest absolute Gasteiger partial charge is 0.462 e. The summed E-state index contributed by atoms with van der Waals surface area (Å²) in [5.41, 5.74) is 0.517. The number of rotatable bonds is 7. The maximum atomic E-state index is 13.7. The first kappa shape index (κ1) is 25.7. The van der Waals surface area contributed by atoms with E-state index in [-0.39, 0.29) is 46.9 Å². The highest BCUT2D eigenvalue weighted by molar-refractivity contribution is 7.08. The number of aryl methyl sites for hydroxylation is 1. The molecule has 0 aliphatic heterocycles. The molecule has 0 atom stereocenters. The summed E-state index contributed by atoms with van der Waals surface area (Å²) in [5.74, 6) is -1.65. The van der Waals surface area contributed by atoms with Crippen molar-refractivity contribution < 1.29 is 28.7 Å². The number of anilines is 1. The van der Waals surface area contributed by atoms with Gasteiger partial charge in [0.15, 0.2) is 11.5 Å². The van der Waals surface area contributed by atoms with Gasteiger partial charge in [-0.05, 0) is 57.0 Å². The molecule has 0 aromatic carbocycles. The van der Waals surface area contributed by atoms with Gasteiger partial charge in [0.2, 0.25) is 0 Å². The Morgan fingerprint density at radius 2 is 1.77 bits per heavy atom. The number of ketones is 1. The van der Waals surface area contributed by atoms with Gasteiger partial charge in [-0.2, -0.15) is 11.3 Å². The Hall–Kier alpha value is -3.93. The molecule has 0 unspecified atom stereocenters. The van der Waals surface area contributed by atoms with E-state index in [9.17, 15) is 24.0 Å². The van der Waals surface area contributed by atoms with Crippen molar-refractivity contribution in [3.63, 3.8) is 0 Å². The lowest BCUT2D eigenvalue weighted by Gasteiger charge is -2.26. The number of aromatic nitrogens is 3. The quantitative estimate of drug-likeness (QED) is 0.388. The molecule has 0 saturated carbocycles. The minimum Gasteiger partial charge on any atom is -0.462 e. The fourth-order valence-corrected chi connectivity index (χ4v) is 4.66. The smallest absolute Gasteiger partial charge is 0.436 e. The molecule has 0 radical (unpaired) electrons. The Morgan fingerprint density at radius 3 is 2.31 bits per heavy atom. The van der Waals surface area contributed by atoms with Crippen LogP contribution in [0.15, 0.2) is 21.6 Å². The normalized spacial score (nSPS) is 10.8. The lowest BCUT2D eigenvalue weighted by Crippen LogP contribution is -2.42. The van der Waals surface area contributed by atoms with E-state index >= 15 is 0 Å². The molecule has 186 valence electrons. The van der Waals surface area contributed by atoms with Crippen LogP contribution in [-0.2, 0) is 20.7 Å². The molecule has 0 aliphatic rings. The number of carbonyl (C=O) groups is 4. The number of ether oxygens (including phenoxy) is 2. The number of H-pyrrole nitrogens is 1. The van der Waals surface area contributed by atoms with Crippen LogP contribution in [0.5, 0.6) is 0 Å². The Balaban J connectivity index is 2.34. The van der Waals surface area contributed by atoms with Crippen LogP contribution in [0.25, 0.3) is 0 Å². The average Bonchev–Trinajstić information content (AvgIpc) is 3.48. The number of methoxy groups -OCH3 is 1. The summed E-state index contributed by atoms with van der Waals surface area (Å²) < 4.78 is 11.8. The summed E-state index contributed by atoms with van der Waals surface area (Å²) in [6.07, 6.45) is -1.04. The predicted octanol–water partition coefficient (Wildman–Crippen LogP) is 3.00. The van der Waals surface area contributed by atoms with E-state index in [1.165, 1.54) is 29.9 Å². The van der Waals surface area contributed by atoms with Gasteiger partial charge in [0.25, 0.3) is 5.91 Å². The third kappa shape index (κ3) is 4.56. The number of hydrogen-bond donors (Lipinski definition) is 1. The molecule has 1 amide bonds. The highest BCUT2D eigenvalue weighted by Gasteiger charge is 2.34. The predicted molar refractivity (Wildman–Crippen MR) is 128 cm³/mol. The second kappa shape index (κ2) is 10.1. The summed E-state index contributed by atoms with van der Waals surface area (Å²) in [6.45, 7) is 7.67. The Morgan fingerprint density at radius 1 is 1.11 bits per heavy atom. The van der Waals surface area contributed by atoms with Crippen molar-refractivity contribution in [2.75, 3.05) is 18.7 Å². The zero-order valence-corrected chi connectivity index (χ0v) is 21.1. The van der Waals surface area contributed by atoms with Crippen LogP contribution in [0.3, 0.4) is 0 Å². The van der Waals surface area contributed by atoms with Crippen molar-refractivity contribution in [2.24, 2.45) is 0 Å². The lowest BCUT2D eigenvalue weighted by molar-refractivity contribution is -0.118. The van der Waals surface area contributed by atoms with E-state index in [1.54, 1.807) is 32.2 Å². The van der Waals surface area contributed by atoms with Crippen molar-refractivity contribution in [3.05, 3.63) is 61.0 Å². The molecule has 3 rings (SSSR count). The maximum Gasteiger partial charge on any atom is 0.436 e. The first-order valence-corrected chi connectivity index (χ1v) is 11.6. The molecule has 3 aromatic heterocycles. The number of Topliss-reactive ketones (excluding diaryl/α,β-unsaturated/α-hetero) is 1. The number of esters is 1. The number of carbonyl (C=O) groups excluding carboxylic acids is 4. The molecule has 1 N–H and O–H groups in total. The van der Waals surface area contributed by atoms with Crippen LogP contribution in [0.1, 0.15) is 57.2 Å². The fraction of sp³-hybridized carbons (Fsp3) is 0.348. The Labute approximate surface area is 204 Å². The van der Waals surface area contributed by atoms with Gasteiger partial charge in [0, 0.05) is 5.69 Å². The highest BCUT2D eigenvalue weighted by Crippen LogP contribution is 2.28. The van der Waals surface area contributed by atoms with E-state index < -0.39 is 29.3 Å². The Bertz CT molecular complexity index is 1360. The minimum atomic E-state index is -0.966. The Kier molecular flexibility index (Phi) is 7.44. The van der Waals surface area contributed by atoms with Gasteiger partial charge in [0.1, 0.15) is 0 Å². The van der Waals surface area contributed by atoms with Crippen molar-refractivity contribution in [2.45, 2.75) is 41.0 Å². The van der Waals surface area contributed by atoms with Gasteiger partial charge in [0.05, 0.1) is 42.7 Å². The maximum absolute atomic E-state index is 13.7. The van der Waals surface area contributed by atoms with Gasteiger partial charge in [-0.3, -0.25) is 24.2 Å². The van der Waals surface area contributed by atoms with Crippen LogP contribution in [0, 0.1) is 20.8 Å². The van der Waals surface area contributed by atoms with Crippen LogP contribution >= 0.6 is 11.3 Å². The van der Waals surface area contributed by atoms with Crippen molar-refractivity contribution in [1.82, 2.24) is 14.5 Å². The van der Waals surface area contributed by atoms with Crippen LogP contribution in [0.2, 0.25) is 0 Å². The zero-order valence-electron chi connectivity index (χ0n) is 20.3. The first-order valence-electron chi connectivity index (χ1n) is 10.7. The molecule has 0 aliphatic carbocycles. The number of amides is 1. The van der Waals surface area contributed by atoms with Gasteiger partial charge >= 0.3 is 17.6 Å². The van der Waals surface area contributed by atoms with E-state index in [4.69, 9.17) is 4.74 Å². The number of nitrogens with zero attached hydrogens (tertiary/aromatic N) is 3. The highest BCUT2D eigenvalue weighted by atomic mass is 32.1. The summed E-state index contributed by atoms with van der Waals surface area (Å²) in [7, 11) is 1.12. The third-order valence-corrected chi connectivity index (χ3v) is 6.15. The SMILES string of the molecule is CCOC(=O)c1c(C(C)=O)c(C)n(N(C(=O)Cc2ccsc2)c2c(C)[nH]n(C(=O)OC)c2=O)c1C. The molecule has 11 nitrogen and oxygen atoms in total. The molecule has 3 heterocycles. The third-order valence-electron chi connectivity index (χ3n) is 5.42. The molecular weight excluding hydrogens is 476 g/mol. The summed E-state index contributed by atoms with van der Waals surface area (Å²) in [6, 6.07) is 1.78. The van der Waals surface area contributed by atoms with E-state index in [2.05, 4.69) is 9.84 Å². The molecule has 3 aromatic rings. The minimum absolute atomic E-state index is 0.00617. The van der Waals surface area contributed by atoms with Crippen LogP contribution < -0.4 is 10.6 Å². The summed E-state index contributed by atoms with van der Waals surface area (Å²) >= 11 is 1.41. The second-order valence-corrected chi connectivity index (χ2v) is 8.50. The second-order valence-electron chi connectivity index (χ2n) is 7.72. The lowest BCUT2D eigenvalue weighted by atomic mass is 10.1. The summed E-state index contributed by atoms with van der Waals surface area (Å²) in [4.78, 5) is 64.4. The number of hydrogen-bond acceptors (Lipinski definition) is 8. The van der Waals surface area contributed by atoms with Crippen molar-refractivity contribution in [3.8, 4) is 0 Å². The molecule has 0 fully saturated rings. The molecule has 0 spiro atoms. The van der Waals surface area contributed by atoms with Crippen LogP contribution in [0.4, 0.5) is 10.5 Å². The first-order chi connectivity index (χ1) is 16.5. The van der Waals surface area contributed by atoms with Crippen LogP contribution in [-0.4, -0.2) is 51.9 Å². The van der Waals surface area contributed by atoms with Gasteiger partial charge in [-0.1, -0.05) is 0 Å². The summed E-state index contributed by atoms with van der Waals surface area (Å²) in [5, 5.41) is 7.32. The van der Waals surface area contributed by atoms with Gasteiger partial charge < -0.3 is 9.47 Å². The monoisotopic (exact) mass is 502 g/mol. The zero-order chi connectivity index (χ0) is 26.0. The molecule has 0 saturated heterocycles. The average molecular weight is 503 g/mol. The molecular formula is C23H26N4O7S. The van der Waals surface area contributed by atoms with Gasteiger partial charge in [-0.25, -0.2) is 14.6 Å². The van der Waals surface area contributed by atoms with Gasteiger partial charge in [-0.15, -0.1) is 4.68 Å². The topological polar surface area (TPSA) is 133 Å². The number of thiophene rings is 1. The fourth-order valence-electron chi connectivity index (χ4n) is 3.99. The number of nitrogens with one attached hydrogen (secondary N) is 1. The van der Waals surface area contributed by atoms with E-state index in [0.29, 0.717) is 10.2 Å². The van der Waals surface area contributed by atoms with Crippen molar-refractivity contribution in [1.29, 1.82) is 0 Å². The van der Waals surface area contributed by atoms with E-state index in [0.717, 1.165) is 12.1 Å². The number of aromatic amines is 1. The standard InChI is InChI=1S/C23H26N4O7S/c1-7-34-22(31)19-14(4)26(13(3)18(19)15(5)28)27(17(29)10-16-8-9-35-11-16)20-12(2)24-25(21(20)30)23(32)33-6/h8-9,11,24H,7,10H2,1-6H3. The van der Waals surface area contributed by atoms with E-state index in [1.807, 2.05) is 5.38 Å². The molecule has 12 heteroatoms. The molecule has 0 bridgehead atoms. The molecule has 35 heavy (non-hydrogen) atoms. The van der Waals surface area contributed by atoms with Crippen molar-refractivity contribution >= 4 is 40.8 Å².